The van der Waals surface area contributed by atoms with Crippen molar-refractivity contribution in [3.05, 3.63) is 46.5 Å². The Morgan fingerprint density at radius 1 is 1.25 bits per heavy atom. The van der Waals surface area contributed by atoms with Crippen LogP contribution in [-0.2, 0) is 0 Å². The van der Waals surface area contributed by atoms with Crippen LogP contribution in [0.25, 0.3) is 0 Å². The summed E-state index contributed by atoms with van der Waals surface area (Å²) in [7, 11) is 0. The molecule has 1 aromatic rings. The van der Waals surface area contributed by atoms with E-state index >= 15 is 0 Å². The molecule has 2 rings (SSSR count). The van der Waals surface area contributed by atoms with Crippen LogP contribution in [0, 0.1) is 13.8 Å². The number of aryl methyl sites for hydroxylation is 2. The second-order valence-electron chi connectivity index (χ2n) is 5.94. The van der Waals surface area contributed by atoms with Gasteiger partial charge in [-0.15, -0.1) is 0 Å². The fourth-order valence-corrected chi connectivity index (χ4v) is 2.93. The van der Waals surface area contributed by atoms with Crippen molar-refractivity contribution in [2.24, 2.45) is 0 Å². The maximum absolute atomic E-state index is 10.3. The minimum absolute atomic E-state index is 0.407. The maximum atomic E-state index is 10.3. The lowest BCUT2D eigenvalue weighted by Crippen LogP contribution is -2.23. The summed E-state index contributed by atoms with van der Waals surface area (Å²) in [4.78, 5) is 0. The number of benzene rings is 1. The first kappa shape index (κ1) is 15.3. The first-order valence-electron chi connectivity index (χ1n) is 7.80. The summed E-state index contributed by atoms with van der Waals surface area (Å²) in [5.74, 6) is 0. The molecule has 2 N–H and O–H groups in total. The van der Waals surface area contributed by atoms with Crippen molar-refractivity contribution in [2.75, 3.05) is 13.1 Å². The standard InChI is InChI=1S/C18H27NO/c1-14-8-9-17(15(2)12-14)18(20)13-19-11-10-16-6-4-3-5-7-16/h6,8-9,12,18-20H,3-5,7,10-11,13H2,1-2H3. The molecule has 0 fully saturated rings. The molecule has 0 amide bonds. The van der Waals surface area contributed by atoms with Gasteiger partial charge in [0.15, 0.2) is 0 Å². The molecule has 0 aromatic heterocycles. The average Bonchev–Trinajstić information content (AvgIpc) is 2.44. The van der Waals surface area contributed by atoms with Crippen LogP contribution >= 0.6 is 0 Å². The predicted molar refractivity (Wildman–Crippen MR) is 84.9 cm³/mol. The van der Waals surface area contributed by atoms with Gasteiger partial charge in [-0.1, -0.05) is 35.4 Å². The molecule has 1 aliphatic rings. The third kappa shape index (κ3) is 4.46. The third-order valence-corrected chi connectivity index (χ3v) is 4.13. The van der Waals surface area contributed by atoms with E-state index in [1.165, 1.54) is 36.8 Å². The summed E-state index contributed by atoms with van der Waals surface area (Å²) in [6.45, 7) is 5.75. The Kier molecular flexibility index (Phi) is 5.81. The van der Waals surface area contributed by atoms with Crippen molar-refractivity contribution in [3.63, 3.8) is 0 Å². The Morgan fingerprint density at radius 3 is 2.80 bits per heavy atom. The van der Waals surface area contributed by atoms with Gasteiger partial charge in [-0.25, -0.2) is 0 Å². The lowest BCUT2D eigenvalue weighted by molar-refractivity contribution is 0.174. The van der Waals surface area contributed by atoms with Crippen molar-refractivity contribution in [1.82, 2.24) is 5.32 Å². The van der Waals surface area contributed by atoms with E-state index in [9.17, 15) is 5.11 Å². The zero-order valence-electron chi connectivity index (χ0n) is 12.8. The van der Waals surface area contributed by atoms with Crippen LogP contribution in [0.1, 0.15) is 54.9 Å². The Morgan fingerprint density at radius 2 is 2.10 bits per heavy atom. The monoisotopic (exact) mass is 273 g/mol. The molecular formula is C18H27NO. The van der Waals surface area contributed by atoms with Crippen LogP contribution in [-0.4, -0.2) is 18.2 Å². The minimum Gasteiger partial charge on any atom is -0.387 e. The van der Waals surface area contributed by atoms with Gasteiger partial charge >= 0.3 is 0 Å². The molecule has 0 heterocycles. The molecule has 2 nitrogen and oxygen atoms in total. The molecule has 1 unspecified atom stereocenters. The van der Waals surface area contributed by atoms with E-state index in [0.29, 0.717) is 6.54 Å². The molecule has 20 heavy (non-hydrogen) atoms. The highest BCUT2D eigenvalue weighted by Gasteiger charge is 2.10. The van der Waals surface area contributed by atoms with Gasteiger partial charge in [0.25, 0.3) is 0 Å². The second-order valence-corrected chi connectivity index (χ2v) is 5.94. The first-order chi connectivity index (χ1) is 9.66. The molecule has 0 spiro atoms. The largest absolute Gasteiger partial charge is 0.387 e. The normalized spacial score (nSPS) is 16.9. The highest BCUT2D eigenvalue weighted by molar-refractivity contribution is 5.32. The number of aliphatic hydroxyl groups excluding tert-OH is 1. The summed E-state index contributed by atoms with van der Waals surface area (Å²) in [5.41, 5.74) is 5.05. The number of allylic oxidation sites excluding steroid dienone is 1. The minimum atomic E-state index is -0.407. The number of rotatable bonds is 6. The van der Waals surface area contributed by atoms with Crippen LogP contribution < -0.4 is 5.32 Å². The Labute approximate surface area is 122 Å². The van der Waals surface area contributed by atoms with E-state index in [0.717, 1.165) is 18.5 Å². The molecule has 1 atom stereocenters. The van der Waals surface area contributed by atoms with E-state index < -0.39 is 6.10 Å². The Balaban J connectivity index is 1.74. The molecule has 0 aliphatic heterocycles. The van der Waals surface area contributed by atoms with E-state index in [2.05, 4.69) is 37.4 Å². The number of hydrogen-bond donors (Lipinski definition) is 2. The summed E-state index contributed by atoms with van der Waals surface area (Å²) >= 11 is 0. The fourth-order valence-electron chi connectivity index (χ4n) is 2.93. The molecule has 1 aromatic carbocycles. The number of aliphatic hydroxyl groups is 1. The van der Waals surface area contributed by atoms with E-state index in [1.807, 2.05) is 6.07 Å². The van der Waals surface area contributed by atoms with Crippen LogP contribution in [0.4, 0.5) is 0 Å². The maximum Gasteiger partial charge on any atom is 0.0916 e. The topological polar surface area (TPSA) is 32.3 Å². The van der Waals surface area contributed by atoms with Crippen LogP contribution in [0.3, 0.4) is 0 Å². The quantitative estimate of drug-likeness (QED) is 0.610. The highest BCUT2D eigenvalue weighted by atomic mass is 16.3. The Bertz CT molecular complexity index is 464. The molecule has 2 heteroatoms. The van der Waals surface area contributed by atoms with Crippen molar-refractivity contribution in [2.45, 2.75) is 52.1 Å². The predicted octanol–water partition coefficient (Wildman–Crippen LogP) is 3.82. The van der Waals surface area contributed by atoms with Gasteiger partial charge in [-0.3, -0.25) is 0 Å². The molecule has 0 saturated carbocycles. The number of hydrogen-bond acceptors (Lipinski definition) is 2. The molecular weight excluding hydrogens is 246 g/mol. The van der Waals surface area contributed by atoms with Crippen molar-refractivity contribution >= 4 is 0 Å². The zero-order chi connectivity index (χ0) is 14.4. The lowest BCUT2D eigenvalue weighted by Gasteiger charge is -2.16. The van der Waals surface area contributed by atoms with E-state index in [-0.39, 0.29) is 0 Å². The van der Waals surface area contributed by atoms with Gasteiger partial charge in [-0.05, 0) is 63.6 Å². The second kappa shape index (κ2) is 7.61. The van der Waals surface area contributed by atoms with Crippen LogP contribution in [0.5, 0.6) is 0 Å². The molecule has 110 valence electrons. The summed E-state index contributed by atoms with van der Waals surface area (Å²) < 4.78 is 0. The van der Waals surface area contributed by atoms with Crippen LogP contribution in [0.2, 0.25) is 0 Å². The van der Waals surface area contributed by atoms with Crippen LogP contribution in [0.15, 0.2) is 29.8 Å². The van der Waals surface area contributed by atoms with Gasteiger partial charge in [0.05, 0.1) is 6.10 Å². The van der Waals surface area contributed by atoms with Gasteiger partial charge in [0.1, 0.15) is 0 Å². The van der Waals surface area contributed by atoms with Gasteiger partial charge in [0, 0.05) is 6.54 Å². The Hall–Kier alpha value is -1.12. The highest BCUT2D eigenvalue weighted by Crippen LogP contribution is 2.20. The molecule has 1 aliphatic carbocycles. The first-order valence-corrected chi connectivity index (χ1v) is 7.80. The van der Waals surface area contributed by atoms with Crippen molar-refractivity contribution < 1.29 is 5.11 Å². The summed E-state index contributed by atoms with van der Waals surface area (Å²) in [5, 5.41) is 13.6. The van der Waals surface area contributed by atoms with Gasteiger partial charge in [0.2, 0.25) is 0 Å². The molecule has 0 saturated heterocycles. The smallest absolute Gasteiger partial charge is 0.0916 e. The number of nitrogens with one attached hydrogen (secondary N) is 1. The fraction of sp³-hybridized carbons (Fsp3) is 0.556. The molecule has 0 bridgehead atoms. The SMILES string of the molecule is Cc1ccc(C(O)CNCCC2=CCCCC2)c(C)c1. The third-order valence-electron chi connectivity index (χ3n) is 4.13. The summed E-state index contributed by atoms with van der Waals surface area (Å²) in [6, 6.07) is 6.24. The van der Waals surface area contributed by atoms with Crippen molar-refractivity contribution in [3.8, 4) is 0 Å². The zero-order valence-corrected chi connectivity index (χ0v) is 12.8. The van der Waals surface area contributed by atoms with Crippen molar-refractivity contribution in [1.29, 1.82) is 0 Å². The van der Waals surface area contributed by atoms with Gasteiger partial charge < -0.3 is 10.4 Å². The molecule has 0 radical (unpaired) electrons. The van der Waals surface area contributed by atoms with E-state index in [1.54, 1.807) is 5.57 Å². The van der Waals surface area contributed by atoms with Gasteiger partial charge in [-0.2, -0.15) is 0 Å². The lowest BCUT2D eigenvalue weighted by atomic mass is 9.97. The van der Waals surface area contributed by atoms with E-state index in [4.69, 9.17) is 0 Å². The summed E-state index contributed by atoms with van der Waals surface area (Å²) in [6.07, 6.45) is 8.32. The average molecular weight is 273 g/mol.